The van der Waals surface area contributed by atoms with E-state index < -0.39 is 10.0 Å². The first-order valence-electron chi connectivity index (χ1n) is 11.6. The predicted molar refractivity (Wildman–Crippen MR) is 130 cm³/mol. The fourth-order valence-corrected chi connectivity index (χ4v) is 6.75. The minimum absolute atomic E-state index is 0.127. The number of carbonyl (C=O) groups excluding carboxylic acids is 1. The van der Waals surface area contributed by atoms with Gasteiger partial charge >= 0.3 is 0 Å². The molecule has 0 saturated carbocycles. The lowest BCUT2D eigenvalue weighted by molar-refractivity contribution is 0.0730. The molecule has 1 unspecified atom stereocenters. The van der Waals surface area contributed by atoms with E-state index in [0.717, 1.165) is 37.4 Å². The van der Waals surface area contributed by atoms with E-state index in [9.17, 15) is 13.2 Å². The number of sulfonamides is 1. The number of piperidine rings is 1. The van der Waals surface area contributed by atoms with E-state index in [-0.39, 0.29) is 16.8 Å². The Morgan fingerprint density at radius 3 is 2.58 bits per heavy atom. The summed E-state index contributed by atoms with van der Waals surface area (Å²) in [6, 6.07) is 9.11. The van der Waals surface area contributed by atoms with Crippen molar-refractivity contribution in [2.24, 2.45) is 5.92 Å². The summed E-state index contributed by atoms with van der Waals surface area (Å²) in [5.74, 6) is 0.497. The first-order chi connectivity index (χ1) is 15.9. The molecule has 2 aromatic rings. The van der Waals surface area contributed by atoms with Gasteiger partial charge in [-0.05, 0) is 67.9 Å². The number of benzene rings is 1. The van der Waals surface area contributed by atoms with E-state index in [1.54, 1.807) is 23.5 Å². The van der Waals surface area contributed by atoms with E-state index >= 15 is 0 Å². The van der Waals surface area contributed by atoms with Crippen molar-refractivity contribution in [2.75, 3.05) is 45.9 Å². The fourth-order valence-electron chi connectivity index (χ4n) is 4.46. The lowest BCUT2D eigenvalue weighted by Crippen LogP contribution is -2.42. The Hall–Kier alpha value is -1.78. The van der Waals surface area contributed by atoms with Crippen LogP contribution in [0.2, 0.25) is 0 Å². The van der Waals surface area contributed by atoms with Gasteiger partial charge in [0.1, 0.15) is 0 Å². The van der Waals surface area contributed by atoms with E-state index in [1.807, 2.05) is 13.0 Å². The molecule has 0 bridgehead atoms. The van der Waals surface area contributed by atoms with Gasteiger partial charge in [-0.15, -0.1) is 11.3 Å². The summed E-state index contributed by atoms with van der Waals surface area (Å²) in [4.78, 5) is 17.0. The highest BCUT2D eigenvalue weighted by Gasteiger charge is 2.29. The van der Waals surface area contributed by atoms with E-state index in [1.165, 1.54) is 15.2 Å². The standard InChI is InChI=1S/C24H33N3O4S2/c1-18-7-9-26(10-8-18)22(23-4-3-15-32-23)17-25-24(28)21-16-20(6-5-19(21)2)33(29,30)27-11-13-31-14-12-27/h3-6,15-16,18,22H,7-14,17H2,1-2H3,(H,25,28). The van der Waals surface area contributed by atoms with Crippen LogP contribution in [0.4, 0.5) is 0 Å². The molecule has 9 heteroatoms. The van der Waals surface area contributed by atoms with Crippen molar-refractivity contribution >= 4 is 27.3 Å². The highest BCUT2D eigenvalue weighted by atomic mass is 32.2. The molecule has 1 N–H and O–H groups in total. The van der Waals surface area contributed by atoms with Crippen LogP contribution in [0.15, 0.2) is 40.6 Å². The van der Waals surface area contributed by atoms with Crippen LogP contribution in [0.5, 0.6) is 0 Å². The Morgan fingerprint density at radius 2 is 1.91 bits per heavy atom. The predicted octanol–water partition coefficient (Wildman–Crippen LogP) is 3.28. The number of rotatable bonds is 7. The van der Waals surface area contributed by atoms with Crippen LogP contribution in [0.25, 0.3) is 0 Å². The number of amides is 1. The summed E-state index contributed by atoms with van der Waals surface area (Å²) in [6.45, 7) is 8.09. The van der Waals surface area contributed by atoms with Gasteiger partial charge in [-0.25, -0.2) is 8.42 Å². The van der Waals surface area contributed by atoms with Gasteiger partial charge in [0.2, 0.25) is 10.0 Å². The molecular formula is C24H33N3O4S2. The summed E-state index contributed by atoms with van der Waals surface area (Å²) in [5, 5.41) is 5.16. The highest BCUT2D eigenvalue weighted by Crippen LogP contribution is 2.29. The number of nitrogens with one attached hydrogen (secondary N) is 1. The van der Waals surface area contributed by atoms with Gasteiger partial charge in [0.05, 0.1) is 24.2 Å². The summed E-state index contributed by atoms with van der Waals surface area (Å²) in [6.07, 6.45) is 2.33. The number of aryl methyl sites for hydroxylation is 1. The first-order valence-corrected chi connectivity index (χ1v) is 13.9. The molecule has 1 atom stereocenters. The number of nitrogens with zero attached hydrogens (tertiary/aromatic N) is 2. The molecule has 7 nitrogen and oxygen atoms in total. The molecular weight excluding hydrogens is 458 g/mol. The van der Waals surface area contributed by atoms with Crippen molar-refractivity contribution in [1.82, 2.24) is 14.5 Å². The maximum atomic E-state index is 13.2. The summed E-state index contributed by atoms with van der Waals surface area (Å²) in [7, 11) is -3.66. The van der Waals surface area contributed by atoms with Crippen molar-refractivity contribution in [3.8, 4) is 0 Å². The second kappa shape index (κ2) is 10.7. The molecule has 180 valence electrons. The number of likely N-dealkylation sites (tertiary alicyclic amines) is 1. The summed E-state index contributed by atoms with van der Waals surface area (Å²) in [5.41, 5.74) is 1.16. The van der Waals surface area contributed by atoms with Gasteiger partial charge in [0, 0.05) is 30.1 Å². The monoisotopic (exact) mass is 491 g/mol. The molecule has 0 radical (unpaired) electrons. The van der Waals surface area contributed by atoms with E-state index in [4.69, 9.17) is 4.74 Å². The zero-order valence-electron chi connectivity index (χ0n) is 19.3. The summed E-state index contributed by atoms with van der Waals surface area (Å²) < 4.78 is 32.8. The molecule has 0 spiro atoms. The Balaban J connectivity index is 1.49. The first kappa shape index (κ1) is 24.3. The average molecular weight is 492 g/mol. The molecule has 0 aliphatic carbocycles. The second-order valence-corrected chi connectivity index (χ2v) is 11.9. The Morgan fingerprint density at radius 1 is 1.18 bits per heavy atom. The van der Waals surface area contributed by atoms with E-state index in [2.05, 4.69) is 28.6 Å². The van der Waals surface area contributed by atoms with Crippen LogP contribution in [-0.4, -0.2) is 69.5 Å². The SMILES string of the molecule is Cc1ccc(S(=O)(=O)N2CCOCC2)cc1C(=O)NCC(c1cccs1)N1CCC(C)CC1. The third-order valence-corrected chi connectivity index (χ3v) is 9.52. The van der Waals surface area contributed by atoms with Gasteiger partial charge in [0.25, 0.3) is 5.91 Å². The summed E-state index contributed by atoms with van der Waals surface area (Å²) >= 11 is 1.71. The van der Waals surface area contributed by atoms with Crippen molar-refractivity contribution in [1.29, 1.82) is 0 Å². The molecule has 1 aromatic carbocycles. The quantitative estimate of drug-likeness (QED) is 0.643. The second-order valence-electron chi connectivity index (χ2n) is 8.95. The molecule has 4 rings (SSSR count). The van der Waals surface area contributed by atoms with Crippen LogP contribution in [-0.2, 0) is 14.8 Å². The van der Waals surface area contributed by atoms with Gasteiger partial charge in [-0.1, -0.05) is 19.1 Å². The number of hydrogen-bond donors (Lipinski definition) is 1. The molecule has 1 amide bonds. The third kappa shape index (κ3) is 5.66. The Bertz CT molecular complexity index is 1040. The number of thiophene rings is 1. The normalized spacial score (nSPS) is 19.9. The lowest BCUT2D eigenvalue weighted by Gasteiger charge is -2.36. The molecule has 2 saturated heterocycles. The maximum Gasteiger partial charge on any atom is 0.251 e. The van der Waals surface area contributed by atoms with Crippen LogP contribution in [0.1, 0.15) is 46.6 Å². The fraction of sp³-hybridized carbons (Fsp3) is 0.542. The van der Waals surface area contributed by atoms with Crippen LogP contribution < -0.4 is 5.32 Å². The van der Waals surface area contributed by atoms with Crippen molar-refractivity contribution in [2.45, 2.75) is 37.6 Å². The van der Waals surface area contributed by atoms with Gasteiger partial charge in [-0.2, -0.15) is 4.31 Å². The molecule has 2 aliphatic heterocycles. The van der Waals surface area contributed by atoms with Gasteiger partial charge in [-0.3, -0.25) is 9.69 Å². The lowest BCUT2D eigenvalue weighted by atomic mass is 9.97. The molecule has 1 aromatic heterocycles. The highest BCUT2D eigenvalue weighted by molar-refractivity contribution is 7.89. The van der Waals surface area contributed by atoms with Crippen LogP contribution >= 0.6 is 11.3 Å². The molecule has 2 fully saturated rings. The minimum atomic E-state index is -3.66. The molecule has 2 aliphatic rings. The van der Waals surface area contributed by atoms with Crippen LogP contribution in [0, 0.1) is 12.8 Å². The van der Waals surface area contributed by atoms with E-state index in [0.29, 0.717) is 38.4 Å². The molecule has 3 heterocycles. The van der Waals surface area contributed by atoms with Crippen LogP contribution in [0.3, 0.4) is 0 Å². The van der Waals surface area contributed by atoms with Gasteiger partial charge in [0.15, 0.2) is 0 Å². The average Bonchev–Trinajstić information content (AvgIpc) is 3.35. The number of carbonyl (C=O) groups is 1. The number of hydrogen-bond acceptors (Lipinski definition) is 6. The van der Waals surface area contributed by atoms with Gasteiger partial charge < -0.3 is 10.1 Å². The van der Waals surface area contributed by atoms with Crippen molar-refractivity contribution < 1.29 is 17.9 Å². The smallest absolute Gasteiger partial charge is 0.251 e. The number of ether oxygens (including phenoxy) is 1. The zero-order chi connectivity index (χ0) is 23.4. The largest absolute Gasteiger partial charge is 0.379 e. The Labute approximate surface area is 200 Å². The molecule has 33 heavy (non-hydrogen) atoms. The van der Waals surface area contributed by atoms with Crippen molar-refractivity contribution in [3.05, 3.63) is 51.7 Å². The maximum absolute atomic E-state index is 13.2. The zero-order valence-corrected chi connectivity index (χ0v) is 21.0. The topological polar surface area (TPSA) is 78.9 Å². The minimum Gasteiger partial charge on any atom is -0.379 e. The van der Waals surface area contributed by atoms with Crippen molar-refractivity contribution in [3.63, 3.8) is 0 Å². The number of morpholine rings is 1. The third-order valence-electron chi connectivity index (χ3n) is 6.65. The Kier molecular flexibility index (Phi) is 7.86.